The summed E-state index contributed by atoms with van der Waals surface area (Å²) >= 11 is 0. The van der Waals surface area contributed by atoms with Gasteiger partial charge in [0.25, 0.3) is 5.91 Å². The molecule has 4 heteroatoms. The summed E-state index contributed by atoms with van der Waals surface area (Å²) in [4.78, 5) is 14.7. The molecule has 1 aromatic carbocycles. The van der Waals surface area contributed by atoms with E-state index < -0.39 is 0 Å². The number of rotatable bonds is 1. The van der Waals surface area contributed by atoms with Crippen molar-refractivity contribution in [1.29, 1.82) is 0 Å². The minimum atomic E-state index is 0. The van der Waals surface area contributed by atoms with E-state index in [9.17, 15) is 4.79 Å². The average Bonchev–Trinajstić information content (AvgIpc) is 2.88. The molecule has 20 heavy (non-hydrogen) atoms. The van der Waals surface area contributed by atoms with Crippen LogP contribution in [0.3, 0.4) is 0 Å². The molecule has 0 bridgehead atoms. The lowest BCUT2D eigenvalue weighted by molar-refractivity contribution is 0.0616. The molecule has 1 N–H and O–H groups in total. The minimum Gasteiger partial charge on any atom is -0.333 e. The van der Waals surface area contributed by atoms with Crippen LogP contribution in [0.4, 0.5) is 0 Å². The summed E-state index contributed by atoms with van der Waals surface area (Å²) in [6.45, 7) is 5.94. The Morgan fingerprint density at radius 2 is 2.00 bits per heavy atom. The molecule has 1 amide bonds. The van der Waals surface area contributed by atoms with Crippen LogP contribution in [0.2, 0.25) is 0 Å². The lowest BCUT2D eigenvalue weighted by Crippen LogP contribution is -2.56. The lowest BCUT2D eigenvalue weighted by Gasteiger charge is -2.37. The van der Waals surface area contributed by atoms with Crippen molar-refractivity contribution in [2.45, 2.75) is 45.2 Å². The number of hydrogen-bond acceptors (Lipinski definition) is 2. The molecule has 1 fully saturated rings. The second-order valence-electron chi connectivity index (χ2n) is 5.95. The van der Waals surface area contributed by atoms with Gasteiger partial charge in [0.1, 0.15) is 0 Å². The van der Waals surface area contributed by atoms with E-state index in [2.05, 4.69) is 31.3 Å². The van der Waals surface area contributed by atoms with E-state index in [1.807, 2.05) is 11.0 Å². The smallest absolute Gasteiger partial charge is 0.254 e. The first-order chi connectivity index (χ1) is 9.15. The van der Waals surface area contributed by atoms with Gasteiger partial charge < -0.3 is 10.2 Å². The second-order valence-corrected chi connectivity index (χ2v) is 5.95. The number of piperazine rings is 1. The van der Waals surface area contributed by atoms with Crippen LogP contribution in [0.15, 0.2) is 18.2 Å². The number of nitrogens with one attached hydrogen (secondary N) is 1. The van der Waals surface area contributed by atoms with Gasteiger partial charge in [0, 0.05) is 30.7 Å². The maximum atomic E-state index is 12.7. The van der Waals surface area contributed by atoms with Gasteiger partial charge in [-0.25, -0.2) is 0 Å². The fourth-order valence-electron chi connectivity index (χ4n) is 3.18. The fourth-order valence-corrected chi connectivity index (χ4v) is 3.18. The molecule has 1 aromatic rings. The van der Waals surface area contributed by atoms with Gasteiger partial charge in [-0.1, -0.05) is 6.07 Å². The number of benzene rings is 1. The summed E-state index contributed by atoms with van der Waals surface area (Å²) in [5, 5.41) is 3.42. The molecule has 2 atom stereocenters. The van der Waals surface area contributed by atoms with Gasteiger partial charge in [0.15, 0.2) is 0 Å². The summed E-state index contributed by atoms with van der Waals surface area (Å²) in [5.41, 5.74) is 3.67. The van der Waals surface area contributed by atoms with Crippen LogP contribution in [-0.4, -0.2) is 36.0 Å². The molecular formula is C16H23ClN2O. The third kappa shape index (κ3) is 2.84. The zero-order valence-electron chi connectivity index (χ0n) is 12.2. The van der Waals surface area contributed by atoms with Crippen molar-refractivity contribution in [3.8, 4) is 0 Å². The Kier molecular flexibility index (Phi) is 4.71. The van der Waals surface area contributed by atoms with E-state index in [0.29, 0.717) is 6.04 Å². The molecule has 1 heterocycles. The molecule has 0 saturated carbocycles. The summed E-state index contributed by atoms with van der Waals surface area (Å²) in [7, 11) is 0. The van der Waals surface area contributed by atoms with Crippen molar-refractivity contribution in [2.24, 2.45) is 0 Å². The number of aryl methyl sites for hydroxylation is 2. The first-order valence-electron chi connectivity index (χ1n) is 7.31. The third-order valence-corrected chi connectivity index (χ3v) is 4.37. The van der Waals surface area contributed by atoms with Gasteiger partial charge in [0.05, 0.1) is 0 Å². The maximum absolute atomic E-state index is 12.7. The number of carbonyl (C=O) groups is 1. The Morgan fingerprint density at radius 1 is 1.25 bits per heavy atom. The van der Waals surface area contributed by atoms with E-state index >= 15 is 0 Å². The lowest BCUT2D eigenvalue weighted by atomic mass is 10.0. The van der Waals surface area contributed by atoms with E-state index in [0.717, 1.165) is 25.1 Å². The highest BCUT2D eigenvalue weighted by Gasteiger charge is 2.27. The van der Waals surface area contributed by atoms with E-state index in [1.54, 1.807) is 0 Å². The number of halogens is 1. The number of amides is 1. The third-order valence-electron chi connectivity index (χ3n) is 4.37. The highest BCUT2D eigenvalue weighted by atomic mass is 35.5. The molecule has 110 valence electrons. The highest BCUT2D eigenvalue weighted by molar-refractivity contribution is 5.95. The molecule has 2 unspecified atom stereocenters. The Hall–Kier alpha value is -1.06. The van der Waals surface area contributed by atoms with Gasteiger partial charge in [-0.05, 0) is 56.4 Å². The predicted octanol–water partition coefficient (Wildman–Crippen LogP) is 2.42. The number of fused-ring (bicyclic) bond motifs is 1. The largest absolute Gasteiger partial charge is 0.333 e. The van der Waals surface area contributed by atoms with Gasteiger partial charge in [-0.2, -0.15) is 0 Å². The number of carbonyl (C=O) groups excluding carboxylic acids is 1. The molecule has 0 radical (unpaired) electrons. The van der Waals surface area contributed by atoms with Crippen molar-refractivity contribution in [1.82, 2.24) is 10.2 Å². The van der Waals surface area contributed by atoms with Crippen LogP contribution in [0.1, 0.15) is 41.8 Å². The molecule has 1 aliphatic heterocycles. The van der Waals surface area contributed by atoms with Crippen molar-refractivity contribution in [2.75, 3.05) is 13.1 Å². The Morgan fingerprint density at radius 3 is 2.80 bits per heavy atom. The number of hydrogen-bond donors (Lipinski definition) is 1. The van der Waals surface area contributed by atoms with Crippen molar-refractivity contribution < 1.29 is 4.79 Å². The number of nitrogens with zero attached hydrogens (tertiary/aromatic N) is 1. The standard InChI is InChI=1S/C16H22N2O.ClH/c1-11-10-18(12(2)9-17-11)16(19)15-7-6-13-4-3-5-14(13)8-15;/h6-8,11-12,17H,3-5,9-10H2,1-2H3;1H. The van der Waals surface area contributed by atoms with Crippen molar-refractivity contribution in [3.63, 3.8) is 0 Å². The van der Waals surface area contributed by atoms with E-state index in [4.69, 9.17) is 0 Å². The zero-order valence-corrected chi connectivity index (χ0v) is 13.0. The molecule has 1 saturated heterocycles. The molecular weight excluding hydrogens is 272 g/mol. The zero-order chi connectivity index (χ0) is 13.4. The van der Waals surface area contributed by atoms with Crippen molar-refractivity contribution in [3.05, 3.63) is 34.9 Å². The first kappa shape index (κ1) is 15.3. The topological polar surface area (TPSA) is 32.3 Å². The van der Waals surface area contributed by atoms with Crippen LogP contribution in [0.5, 0.6) is 0 Å². The summed E-state index contributed by atoms with van der Waals surface area (Å²) in [6.07, 6.45) is 3.53. The highest BCUT2D eigenvalue weighted by Crippen LogP contribution is 2.24. The van der Waals surface area contributed by atoms with E-state index in [-0.39, 0.29) is 24.4 Å². The van der Waals surface area contributed by atoms with Crippen LogP contribution >= 0.6 is 12.4 Å². The quantitative estimate of drug-likeness (QED) is 0.863. The van der Waals surface area contributed by atoms with Crippen LogP contribution in [-0.2, 0) is 12.8 Å². The monoisotopic (exact) mass is 294 g/mol. The van der Waals surface area contributed by atoms with Gasteiger partial charge in [0.2, 0.25) is 0 Å². The molecule has 1 aliphatic carbocycles. The predicted molar refractivity (Wildman–Crippen MR) is 83.7 cm³/mol. The fraction of sp³-hybridized carbons (Fsp3) is 0.562. The van der Waals surface area contributed by atoms with Crippen molar-refractivity contribution >= 4 is 18.3 Å². The Balaban J connectivity index is 0.00000147. The first-order valence-corrected chi connectivity index (χ1v) is 7.31. The van der Waals surface area contributed by atoms with Gasteiger partial charge >= 0.3 is 0 Å². The SMILES string of the molecule is CC1CN(C(=O)c2ccc3c(c2)CCC3)C(C)CN1.Cl. The van der Waals surface area contributed by atoms with Crippen LogP contribution in [0, 0.1) is 0 Å². The molecule has 2 aliphatic rings. The van der Waals surface area contributed by atoms with Gasteiger partial charge in [-0.15, -0.1) is 12.4 Å². The summed E-state index contributed by atoms with van der Waals surface area (Å²) < 4.78 is 0. The summed E-state index contributed by atoms with van der Waals surface area (Å²) in [5.74, 6) is 0.190. The van der Waals surface area contributed by atoms with Gasteiger partial charge in [-0.3, -0.25) is 4.79 Å². The maximum Gasteiger partial charge on any atom is 0.254 e. The molecule has 3 rings (SSSR count). The molecule has 0 aromatic heterocycles. The molecule has 3 nitrogen and oxygen atoms in total. The van der Waals surface area contributed by atoms with E-state index in [1.165, 1.54) is 24.0 Å². The normalized spacial score (nSPS) is 25.0. The Labute approximate surface area is 127 Å². The second kappa shape index (κ2) is 6.15. The van der Waals surface area contributed by atoms with Crippen LogP contribution < -0.4 is 5.32 Å². The summed E-state index contributed by atoms with van der Waals surface area (Å²) in [6, 6.07) is 6.92. The Bertz CT molecular complexity index is 503. The average molecular weight is 295 g/mol. The van der Waals surface area contributed by atoms with Crippen LogP contribution in [0.25, 0.3) is 0 Å². The molecule has 0 spiro atoms. The minimum absolute atomic E-state index is 0.